The van der Waals surface area contributed by atoms with E-state index in [9.17, 15) is 14.7 Å². The lowest BCUT2D eigenvalue weighted by Crippen LogP contribution is -2.29. The molecule has 0 unspecified atom stereocenters. The molecule has 150 valence electrons. The average Bonchev–Trinajstić information content (AvgIpc) is 3.22. The highest BCUT2D eigenvalue weighted by molar-refractivity contribution is 7.17. The van der Waals surface area contributed by atoms with Crippen molar-refractivity contribution in [3.8, 4) is 0 Å². The van der Waals surface area contributed by atoms with Gasteiger partial charge in [0.05, 0.1) is 24.0 Å². The summed E-state index contributed by atoms with van der Waals surface area (Å²) in [7, 11) is 0. The maximum absolute atomic E-state index is 13.5. The van der Waals surface area contributed by atoms with E-state index in [4.69, 9.17) is 0 Å². The standard InChI is InChI=1S/C23H24N2O3S/c1-3-7-17(12-21(26)27)25-19-10-5-4-9-18(19)24(23(25)28)13-16-14-29-20-11-6-8-15(2)22(16)20/h4-6,8-11,14,17H,3,7,12-13H2,1-2H3,(H,26,27)/t17-/m0/s1. The molecule has 0 spiro atoms. The summed E-state index contributed by atoms with van der Waals surface area (Å²) in [5, 5.41) is 12.7. The Hall–Kier alpha value is -2.86. The van der Waals surface area contributed by atoms with E-state index >= 15 is 0 Å². The van der Waals surface area contributed by atoms with E-state index in [1.807, 2.05) is 31.2 Å². The smallest absolute Gasteiger partial charge is 0.329 e. The Morgan fingerprint density at radius 3 is 2.62 bits per heavy atom. The van der Waals surface area contributed by atoms with E-state index < -0.39 is 5.97 Å². The first-order valence-corrected chi connectivity index (χ1v) is 10.8. The van der Waals surface area contributed by atoms with Crippen molar-refractivity contribution in [3.63, 3.8) is 0 Å². The molecule has 6 heteroatoms. The summed E-state index contributed by atoms with van der Waals surface area (Å²) in [6.45, 7) is 4.58. The van der Waals surface area contributed by atoms with Crippen LogP contribution in [0.4, 0.5) is 0 Å². The number of carboxylic acids is 1. The summed E-state index contributed by atoms with van der Waals surface area (Å²) in [6.07, 6.45) is 1.42. The van der Waals surface area contributed by atoms with Gasteiger partial charge in [0.25, 0.3) is 0 Å². The van der Waals surface area contributed by atoms with Crippen molar-refractivity contribution in [3.05, 3.63) is 69.5 Å². The molecule has 0 radical (unpaired) electrons. The number of nitrogens with zero attached hydrogens (tertiary/aromatic N) is 2. The van der Waals surface area contributed by atoms with Crippen LogP contribution in [0.25, 0.3) is 21.1 Å². The van der Waals surface area contributed by atoms with Gasteiger partial charge in [-0.15, -0.1) is 11.3 Å². The molecule has 5 nitrogen and oxygen atoms in total. The number of carboxylic acid groups (broad SMARTS) is 1. The molecule has 0 saturated heterocycles. The van der Waals surface area contributed by atoms with Crippen molar-refractivity contribution in [1.29, 1.82) is 0 Å². The topological polar surface area (TPSA) is 64.2 Å². The minimum absolute atomic E-state index is 0.0533. The van der Waals surface area contributed by atoms with Gasteiger partial charge in [0.15, 0.2) is 0 Å². The maximum Gasteiger partial charge on any atom is 0.329 e. The Bertz CT molecular complexity index is 1250. The molecule has 0 aliphatic rings. The fraction of sp³-hybridized carbons (Fsp3) is 0.304. The molecule has 0 aliphatic carbocycles. The van der Waals surface area contributed by atoms with Crippen LogP contribution in [-0.2, 0) is 11.3 Å². The Morgan fingerprint density at radius 2 is 1.90 bits per heavy atom. The number of imidazole rings is 1. The van der Waals surface area contributed by atoms with Crippen molar-refractivity contribution in [1.82, 2.24) is 9.13 Å². The normalized spacial score (nSPS) is 12.6. The molecule has 0 aliphatic heterocycles. The van der Waals surface area contributed by atoms with Crippen molar-refractivity contribution in [2.45, 2.75) is 45.7 Å². The van der Waals surface area contributed by atoms with Gasteiger partial charge < -0.3 is 5.11 Å². The lowest BCUT2D eigenvalue weighted by molar-refractivity contribution is -0.137. The minimum atomic E-state index is -0.883. The molecule has 1 atom stereocenters. The maximum atomic E-state index is 13.5. The molecular weight excluding hydrogens is 384 g/mol. The van der Waals surface area contributed by atoms with Crippen molar-refractivity contribution in [2.75, 3.05) is 0 Å². The van der Waals surface area contributed by atoms with Gasteiger partial charge in [-0.3, -0.25) is 13.9 Å². The minimum Gasteiger partial charge on any atom is -0.481 e. The van der Waals surface area contributed by atoms with E-state index in [-0.39, 0.29) is 18.2 Å². The van der Waals surface area contributed by atoms with Crippen LogP contribution >= 0.6 is 11.3 Å². The molecule has 0 fully saturated rings. The number of aromatic nitrogens is 2. The lowest BCUT2D eigenvalue weighted by atomic mass is 10.1. The molecule has 0 saturated carbocycles. The van der Waals surface area contributed by atoms with Gasteiger partial charge in [-0.25, -0.2) is 4.79 Å². The number of carbonyl (C=O) groups is 1. The number of hydrogen-bond donors (Lipinski definition) is 1. The fourth-order valence-corrected chi connectivity index (χ4v) is 5.25. The van der Waals surface area contributed by atoms with Gasteiger partial charge in [0.2, 0.25) is 0 Å². The summed E-state index contributed by atoms with van der Waals surface area (Å²) in [5.74, 6) is -0.883. The predicted octanol–water partition coefficient (Wildman–Crippen LogP) is 5.19. The summed E-state index contributed by atoms with van der Waals surface area (Å²) in [6, 6.07) is 13.6. The number of benzene rings is 2. The third kappa shape index (κ3) is 3.49. The van der Waals surface area contributed by atoms with Crippen LogP contribution in [0.1, 0.15) is 43.4 Å². The molecular formula is C23H24N2O3S. The predicted molar refractivity (Wildman–Crippen MR) is 118 cm³/mol. The zero-order valence-corrected chi connectivity index (χ0v) is 17.4. The number of hydrogen-bond acceptors (Lipinski definition) is 3. The monoisotopic (exact) mass is 408 g/mol. The van der Waals surface area contributed by atoms with Gasteiger partial charge in [-0.2, -0.15) is 0 Å². The molecule has 1 N–H and O–H groups in total. The van der Waals surface area contributed by atoms with E-state index in [1.165, 1.54) is 15.6 Å². The van der Waals surface area contributed by atoms with Crippen molar-refractivity contribution >= 4 is 38.4 Å². The molecule has 4 aromatic rings. The molecule has 0 bridgehead atoms. The van der Waals surface area contributed by atoms with Crippen LogP contribution in [0, 0.1) is 6.92 Å². The summed E-state index contributed by atoms with van der Waals surface area (Å²) in [5.41, 5.74) is 3.83. The molecule has 2 aromatic carbocycles. The summed E-state index contributed by atoms with van der Waals surface area (Å²) >= 11 is 1.69. The highest BCUT2D eigenvalue weighted by Crippen LogP contribution is 2.30. The largest absolute Gasteiger partial charge is 0.481 e. The lowest BCUT2D eigenvalue weighted by Gasteiger charge is -2.16. The van der Waals surface area contributed by atoms with E-state index in [0.717, 1.165) is 23.0 Å². The Labute approximate surface area is 172 Å². The number of para-hydroxylation sites is 2. The summed E-state index contributed by atoms with van der Waals surface area (Å²) < 4.78 is 4.69. The number of rotatable bonds is 7. The van der Waals surface area contributed by atoms with E-state index in [0.29, 0.717) is 13.0 Å². The molecule has 4 rings (SSSR count). The Kier molecular flexibility index (Phi) is 5.28. The number of thiophene rings is 1. The van der Waals surface area contributed by atoms with Crippen LogP contribution in [0.2, 0.25) is 0 Å². The first kappa shape index (κ1) is 19.5. The highest BCUT2D eigenvalue weighted by atomic mass is 32.1. The fourth-order valence-electron chi connectivity index (χ4n) is 4.23. The summed E-state index contributed by atoms with van der Waals surface area (Å²) in [4.78, 5) is 24.9. The molecule has 2 aromatic heterocycles. The van der Waals surface area contributed by atoms with Crippen LogP contribution in [0.15, 0.2) is 52.6 Å². The SMILES string of the molecule is CCC[C@@H](CC(=O)O)n1c(=O)n(Cc2csc3cccc(C)c23)c2ccccc21. The second-order valence-electron chi connectivity index (χ2n) is 7.48. The van der Waals surface area contributed by atoms with Crippen LogP contribution in [-0.4, -0.2) is 20.2 Å². The second-order valence-corrected chi connectivity index (χ2v) is 8.39. The Morgan fingerprint density at radius 1 is 1.14 bits per heavy atom. The van der Waals surface area contributed by atoms with Gasteiger partial charge in [-0.1, -0.05) is 37.6 Å². The average molecular weight is 409 g/mol. The number of aliphatic carboxylic acids is 1. The molecule has 0 amide bonds. The van der Waals surface area contributed by atoms with Gasteiger partial charge >= 0.3 is 11.7 Å². The number of fused-ring (bicyclic) bond motifs is 2. The van der Waals surface area contributed by atoms with Crippen molar-refractivity contribution < 1.29 is 9.90 Å². The quantitative estimate of drug-likeness (QED) is 0.458. The third-order valence-corrected chi connectivity index (χ3v) is 6.48. The van der Waals surface area contributed by atoms with Crippen molar-refractivity contribution in [2.24, 2.45) is 0 Å². The second kappa shape index (κ2) is 7.87. The van der Waals surface area contributed by atoms with Crippen LogP contribution < -0.4 is 5.69 Å². The van der Waals surface area contributed by atoms with Gasteiger partial charge in [0.1, 0.15) is 0 Å². The number of aryl methyl sites for hydroxylation is 1. The molecule has 2 heterocycles. The molecule has 29 heavy (non-hydrogen) atoms. The van der Waals surface area contributed by atoms with E-state index in [1.54, 1.807) is 20.5 Å². The zero-order chi connectivity index (χ0) is 20.5. The zero-order valence-electron chi connectivity index (χ0n) is 16.6. The van der Waals surface area contributed by atoms with Crippen LogP contribution in [0.3, 0.4) is 0 Å². The first-order valence-electron chi connectivity index (χ1n) is 9.88. The van der Waals surface area contributed by atoms with Gasteiger partial charge in [0, 0.05) is 16.1 Å². The third-order valence-electron chi connectivity index (χ3n) is 5.48. The van der Waals surface area contributed by atoms with E-state index in [2.05, 4.69) is 30.5 Å². The first-order chi connectivity index (χ1) is 14.0. The van der Waals surface area contributed by atoms with Gasteiger partial charge in [-0.05, 0) is 48.1 Å². The highest BCUT2D eigenvalue weighted by Gasteiger charge is 2.22. The Balaban J connectivity index is 1.88. The van der Waals surface area contributed by atoms with Crippen LogP contribution in [0.5, 0.6) is 0 Å².